The number of amides is 1. The summed E-state index contributed by atoms with van der Waals surface area (Å²) in [5.74, 6) is -0.471. The number of thioether (sulfide) groups is 1. The van der Waals surface area contributed by atoms with Crippen molar-refractivity contribution in [1.29, 1.82) is 0 Å². The van der Waals surface area contributed by atoms with Gasteiger partial charge in [-0.05, 0) is 39.3 Å². The Bertz CT molecular complexity index is 753. The van der Waals surface area contributed by atoms with E-state index in [2.05, 4.69) is 10.5 Å². The largest absolute Gasteiger partial charge is 0.480 e. The Morgan fingerprint density at radius 1 is 1.32 bits per heavy atom. The number of aryl methyl sites for hydroxylation is 2. The molecule has 2 aromatic rings. The molecule has 0 aliphatic heterocycles. The molecule has 0 aliphatic carbocycles. The van der Waals surface area contributed by atoms with Gasteiger partial charge in [-0.25, -0.2) is 0 Å². The number of benzene rings is 1. The standard InChI is InChI=1S/C18H22N2O4S/c1-5-14(16-10(2)20-24-11(16)3)19-17(21)13-8-6-7-9-15(13)25-12(4)18(22)23/h6-9,12,14H,5H2,1-4H3,(H,19,21)(H,22,23). The van der Waals surface area contributed by atoms with E-state index in [1.54, 1.807) is 31.2 Å². The van der Waals surface area contributed by atoms with Gasteiger partial charge in [-0.2, -0.15) is 0 Å². The number of hydrogen-bond acceptors (Lipinski definition) is 5. The monoisotopic (exact) mass is 362 g/mol. The van der Waals surface area contributed by atoms with Crippen LogP contribution in [0, 0.1) is 13.8 Å². The van der Waals surface area contributed by atoms with Crippen molar-refractivity contribution < 1.29 is 19.2 Å². The maximum Gasteiger partial charge on any atom is 0.316 e. The van der Waals surface area contributed by atoms with E-state index in [1.807, 2.05) is 20.8 Å². The lowest BCUT2D eigenvalue weighted by Crippen LogP contribution is -2.29. The van der Waals surface area contributed by atoms with Gasteiger partial charge in [0.25, 0.3) is 5.91 Å². The molecular weight excluding hydrogens is 340 g/mol. The molecule has 0 bridgehead atoms. The lowest BCUT2D eigenvalue weighted by Gasteiger charge is -2.18. The van der Waals surface area contributed by atoms with E-state index < -0.39 is 11.2 Å². The molecule has 0 radical (unpaired) electrons. The van der Waals surface area contributed by atoms with Gasteiger partial charge in [0.15, 0.2) is 0 Å². The molecule has 1 amide bonds. The number of carboxylic acids is 1. The Labute approximate surface area is 151 Å². The molecule has 7 heteroatoms. The lowest BCUT2D eigenvalue weighted by atomic mass is 10.0. The Morgan fingerprint density at radius 3 is 2.56 bits per heavy atom. The molecule has 6 nitrogen and oxygen atoms in total. The summed E-state index contributed by atoms with van der Waals surface area (Å²) in [7, 11) is 0. The van der Waals surface area contributed by atoms with Gasteiger partial charge in [-0.1, -0.05) is 24.2 Å². The number of aromatic nitrogens is 1. The number of carbonyl (C=O) groups excluding carboxylic acids is 1. The van der Waals surface area contributed by atoms with Crippen molar-refractivity contribution in [3.8, 4) is 0 Å². The summed E-state index contributed by atoms with van der Waals surface area (Å²) in [4.78, 5) is 24.5. The zero-order valence-electron chi connectivity index (χ0n) is 14.7. The lowest BCUT2D eigenvalue weighted by molar-refractivity contribution is -0.136. The molecule has 2 unspecified atom stereocenters. The van der Waals surface area contributed by atoms with Crippen LogP contribution in [0.25, 0.3) is 0 Å². The molecular formula is C18H22N2O4S. The molecule has 0 saturated heterocycles. The summed E-state index contributed by atoms with van der Waals surface area (Å²) in [6, 6.07) is 6.80. The summed E-state index contributed by atoms with van der Waals surface area (Å²) in [6.07, 6.45) is 0.690. The van der Waals surface area contributed by atoms with Crippen molar-refractivity contribution in [2.24, 2.45) is 0 Å². The second-order valence-corrected chi connectivity index (χ2v) is 7.15. The van der Waals surface area contributed by atoms with Crippen LogP contribution in [0.4, 0.5) is 0 Å². The Morgan fingerprint density at radius 2 is 2.00 bits per heavy atom. The molecule has 0 fully saturated rings. The third-order valence-electron chi connectivity index (χ3n) is 3.93. The highest BCUT2D eigenvalue weighted by Crippen LogP contribution is 2.29. The first-order valence-corrected chi connectivity index (χ1v) is 8.95. The van der Waals surface area contributed by atoms with Crippen LogP contribution in [-0.4, -0.2) is 27.4 Å². The second-order valence-electron chi connectivity index (χ2n) is 5.77. The fourth-order valence-electron chi connectivity index (χ4n) is 2.60. The van der Waals surface area contributed by atoms with Crippen LogP contribution in [-0.2, 0) is 4.79 Å². The molecule has 2 atom stereocenters. The van der Waals surface area contributed by atoms with Crippen molar-refractivity contribution >= 4 is 23.6 Å². The quantitative estimate of drug-likeness (QED) is 0.729. The molecule has 0 saturated carbocycles. The van der Waals surface area contributed by atoms with Crippen molar-refractivity contribution in [2.45, 2.75) is 50.3 Å². The van der Waals surface area contributed by atoms with E-state index in [4.69, 9.17) is 9.63 Å². The molecule has 1 heterocycles. The normalized spacial score (nSPS) is 13.3. The predicted molar refractivity (Wildman–Crippen MR) is 95.9 cm³/mol. The van der Waals surface area contributed by atoms with Gasteiger partial charge in [-0.15, -0.1) is 11.8 Å². The minimum atomic E-state index is -0.914. The van der Waals surface area contributed by atoms with Crippen molar-refractivity contribution in [3.05, 3.63) is 46.8 Å². The van der Waals surface area contributed by atoms with Crippen molar-refractivity contribution in [3.63, 3.8) is 0 Å². The van der Waals surface area contributed by atoms with Gasteiger partial charge in [0, 0.05) is 10.5 Å². The fourth-order valence-corrected chi connectivity index (χ4v) is 3.53. The number of hydrogen-bond donors (Lipinski definition) is 2. The third kappa shape index (κ3) is 4.42. The molecule has 2 N–H and O–H groups in total. The highest BCUT2D eigenvalue weighted by molar-refractivity contribution is 8.00. The highest BCUT2D eigenvalue weighted by atomic mass is 32.2. The van der Waals surface area contributed by atoms with Crippen molar-refractivity contribution in [1.82, 2.24) is 10.5 Å². The summed E-state index contributed by atoms with van der Waals surface area (Å²) in [5.41, 5.74) is 2.11. The summed E-state index contributed by atoms with van der Waals surface area (Å²) in [5, 5.41) is 15.4. The van der Waals surface area contributed by atoms with E-state index in [0.29, 0.717) is 22.6 Å². The van der Waals surface area contributed by atoms with E-state index in [0.717, 1.165) is 23.0 Å². The second kappa shape index (κ2) is 8.20. The molecule has 0 spiro atoms. The third-order valence-corrected chi connectivity index (χ3v) is 5.10. The fraction of sp³-hybridized carbons (Fsp3) is 0.389. The zero-order chi connectivity index (χ0) is 18.6. The van der Waals surface area contributed by atoms with Gasteiger partial charge in [0.2, 0.25) is 0 Å². The first-order valence-electron chi connectivity index (χ1n) is 8.07. The van der Waals surface area contributed by atoms with Crippen LogP contribution in [0.3, 0.4) is 0 Å². The first-order chi connectivity index (χ1) is 11.8. The van der Waals surface area contributed by atoms with E-state index >= 15 is 0 Å². The predicted octanol–water partition coefficient (Wildman–Crippen LogP) is 3.74. The van der Waals surface area contributed by atoms with Crippen LogP contribution in [0.5, 0.6) is 0 Å². The molecule has 1 aromatic carbocycles. The average Bonchev–Trinajstić information content (AvgIpc) is 2.91. The molecule has 0 aliphatic rings. The van der Waals surface area contributed by atoms with Crippen LogP contribution in [0.15, 0.2) is 33.7 Å². The van der Waals surface area contributed by atoms with Gasteiger partial charge in [-0.3, -0.25) is 9.59 Å². The number of nitrogens with one attached hydrogen (secondary N) is 1. The van der Waals surface area contributed by atoms with Gasteiger partial charge in [0.1, 0.15) is 11.0 Å². The maximum absolute atomic E-state index is 12.8. The zero-order valence-corrected chi connectivity index (χ0v) is 15.5. The van der Waals surface area contributed by atoms with Crippen molar-refractivity contribution in [2.75, 3.05) is 0 Å². The van der Waals surface area contributed by atoms with Crippen LogP contribution in [0.2, 0.25) is 0 Å². The Kier molecular flexibility index (Phi) is 6.25. The van der Waals surface area contributed by atoms with Gasteiger partial charge >= 0.3 is 5.97 Å². The minimum Gasteiger partial charge on any atom is -0.480 e. The first kappa shape index (κ1) is 19.1. The number of carboxylic acid groups (broad SMARTS) is 1. The maximum atomic E-state index is 12.8. The Balaban J connectivity index is 2.24. The molecule has 2 rings (SSSR count). The average molecular weight is 362 g/mol. The minimum absolute atomic E-state index is 0.214. The Hall–Kier alpha value is -2.28. The topological polar surface area (TPSA) is 92.4 Å². The number of rotatable bonds is 7. The number of nitrogens with zero attached hydrogens (tertiary/aromatic N) is 1. The van der Waals surface area contributed by atoms with Gasteiger partial charge < -0.3 is 14.9 Å². The summed E-state index contributed by atoms with van der Waals surface area (Å²) < 4.78 is 5.20. The highest BCUT2D eigenvalue weighted by Gasteiger charge is 2.23. The van der Waals surface area contributed by atoms with Crippen LogP contribution < -0.4 is 5.32 Å². The van der Waals surface area contributed by atoms with E-state index in [-0.39, 0.29) is 11.9 Å². The van der Waals surface area contributed by atoms with Gasteiger partial charge in [0.05, 0.1) is 17.3 Å². The van der Waals surface area contributed by atoms with Crippen LogP contribution >= 0.6 is 11.8 Å². The molecule has 134 valence electrons. The smallest absolute Gasteiger partial charge is 0.316 e. The van der Waals surface area contributed by atoms with E-state index in [9.17, 15) is 9.59 Å². The SMILES string of the molecule is CCC(NC(=O)c1ccccc1SC(C)C(=O)O)c1c(C)noc1C. The molecule has 1 aromatic heterocycles. The van der Waals surface area contributed by atoms with Crippen LogP contribution in [0.1, 0.15) is 53.7 Å². The number of aliphatic carboxylic acids is 1. The summed E-state index contributed by atoms with van der Waals surface area (Å²) in [6.45, 7) is 7.24. The summed E-state index contributed by atoms with van der Waals surface area (Å²) >= 11 is 1.15. The number of carbonyl (C=O) groups is 2. The van der Waals surface area contributed by atoms with E-state index in [1.165, 1.54) is 0 Å². The molecule has 25 heavy (non-hydrogen) atoms.